The van der Waals surface area contributed by atoms with Crippen LogP contribution in [0.3, 0.4) is 0 Å². The van der Waals surface area contributed by atoms with Crippen LogP contribution < -0.4 is 0 Å². The van der Waals surface area contributed by atoms with Gasteiger partial charge in [0.1, 0.15) is 12.1 Å². The summed E-state index contributed by atoms with van der Waals surface area (Å²) in [7, 11) is 0. The molecule has 3 aromatic rings. The summed E-state index contributed by atoms with van der Waals surface area (Å²) in [5.41, 5.74) is 5.84. The lowest BCUT2D eigenvalue weighted by atomic mass is 9.73. The number of hydrogen-bond acceptors (Lipinski definition) is 2. The molecule has 0 bridgehead atoms. The molecule has 1 heterocycles. The minimum Gasteiger partial charge on any atom is -0.281 e. The number of nitrogens with zero attached hydrogens (tertiary/aromatic N) is 3. The quantitative estimate of drug-likeness (QED) is 0.442. The normalized spacial score (nSPS) is 26.1. The molecule has 2 fully saturated rings. The van der Waals surface area contributed by atoms with E-state index >= 15 is 0 Å². The van der Waals surface area contributed by atoms with Gasteiger partial charge in [0, 0.05) is 11.0 Å². The molecule has 3 nitrogen and oxygen atoms in total. The number of para-hydroxylation sites is 1. The van der Waals surface area contributed by atoms with Gasteiger partial charge < -0.3 is 0 Å². The molecule has 2 aliphatic carbocycles. The Morgan fingerprint density at radius 3 is 2.52 bits per heavy atom. The highest BCUT2D eigenvalue weighted by molar-refractivity contribution is 5.68. The smallest absolute Gasteiger partial charge is 0.168 e. The molecule has 1 aromatic heterocycles. The Labute approximate surface area is 184 Å². The van der Waals surface area contributed by atoms with Crippen molar-refractivity contribution in [1.29, 1.82) is 0 Å². The van der Waals surface area contributed by atoms with Gasteiger partial charge >= 0.3 is 0 Å². The van der Waals surface area contributed by atoms with Gasteiger partial charge in [-0.1, -0.05) is 45.4 Å². The van der Waals surface area contributed by atoms with E-state index in [9.17, 15) is 4.39 Å². The van der Waals surface area contributed by atoms with E-state index < -0.39 is 0 Å². The summed E-state index contributed by atoms with van der Waals surface area (Å²) in [6.07, 6.45) is 6.62. The Morgan fingerprint density at radius 2 is 1.87 bits per heavy atom. The molecular weight excluding hydrogens is 385 g/mol. The zero-order chi connectivity index (χ0) is 22.0. The highest BCUT2D eigenvalue weighted by Gasteiger charge is 2.72. The predicted molar refractivity (Wildman–Crippen MR) is 123 cm³/mol. The lowest BCUT2D eigenvalue weighted by Gasteiger charge is -2.31. The van der Waals surface area contributed by atoms with Crippen LogP contribution in [0.2, 0.25) is 0 Å². The molecule has 0 amide bonds. The molecule has 2 aliphatic rings. The summed E-state index contributed by atoms with van der Waals surface area (Å²) in [4.78, 5) is 0. The standard InChI is InChI=1S/C27H32FN3/c1-6-19(4)27(15-26(27,5)20-10-11-20)23-14-21(28)12-13-22(23)25-30-29-16-31(25)24-17(2)8-7-9-18(24)3/h7-9,12-14,16,19-20H,6,10-11,15H2,1-5H3. The molecule has 2 aromatic carbocycles. The minimum atomic E-state index is -0.162. The molecule has 0 aliphatic heterocycles. The lowest BCUT2D eigenvalue weighted by Crippen LogP contribution is -2.27. The summed E-state index contributed by atoms with van der Waals surface area (Å²) in [5.74, 6) is 1.88. The van der Waals surface area contributed by atoms with Crippen molar-refractivity contribution in [2.45, 2.75) is 65.7 Å². The Morgan fingerprint density at radius 1 is 1.16 bits per heavy atom. The lowest BCUT2D eigenvalue weighted by molar-refractivity contribution is 0.306. The zero-order valence-corrected chi connectivity index (χ0v) is 19.2. The van der Waals surface area contributed by atoms with Crippen LogP contribution in [-0.4, -0.2) is 14.8 Å². The van der Waals surface area contributed by atoms with Crippen LogP contribution in [0.15, 0.2) is 42.7 Å². The van der Waals surface area contributed by atoms with Crippen molar-refractivity contribution < 1.29 is 4.39 Å². The zero-order valence-electron chi connectivity index (χ0n) is 19.2. The van der Waals surface area contributed by atoms with Crippen LogP contribution >= 0.6 is 0 Å². The summed E-state index contributed by atoms with van der Waals surface area (Å²) < 4.78 is 16.8. The van der Waals surface area contributed by atoms with Gasteiger partial charge in [0.25, 0.3) is 0 Å². The van der Waals surface area contributed by atoms with E-state index in [-0.39, 0.29) is 16.6 Å². The number of aromatic nitrogens is 3. The summed E-state index contributed by atoms with van der Waals surface area (Å²) >= 11 is 0. The van der Waals surface area contributed by atoms with E-state index in [0.717, 1.165) is 41.4 Å². The fourth-order valence-electron chi connectivity index (χ4n) is 6.37. The molecular formula is C27H32FN3. The van der Waals surface area contributed by atoms with Gasteiger partial charge in [-0.3, -0.25) is 4.57 Å². The van der Waals surface area contributed by atoms with Crippen molar-refractivity contribution in [2.75, 3.05) is 0 Å². The van der Waals surface area contributed by atoms with Crippen LogP contribution in [0, 0.1) is 36.9 Å². The van der Waals surface area contributed by atoms with Crippen LogP contribution in [-0.2, 0) is 5.41 Å². The molecule has 5 rings (SSSR count). The van der Waals surface area contributed by atoms with Gasteiger partial charge in [0.05, 0.1) is 5.69 Å². The third kappa shape index (κ3) is 2.90. The van der Waals surface area contributed by atoms with Crippen molar-refractivity contribution >= 4 is 0 Å². The highest BCUT2D eigenvalue weighted by Crippen LogP contribution is 2.77. The first-order valence-electron chi connectivity index (χ1n) is 11.6. The van der Waals surface area contributed by atoms with Crippen molar-refractivity contribution in [2.24, 2.45) is 17.3 Å². The maximum absolute atomic E-state index is 14.7. The Bertz CT molecular complexity index is 1120. The van der Waals surface area contributed by atoms with E-state index in [1.165, 1.54) is 24.0 Å². The second kappa shape index (κ2) is 7.01. The third-order valence-corrected chi connectivity index (χ3v) is 8.40. The van der Waals surface area contributed by atoms with E-state index in [2.05, 4.69) is 67.6 Å². The van der Waals surface area contributed by atoms with Gasteiger partial charge in [-0.05, 0) is 85.3 Å². The fraction of sp³-hybridized carbons (Fsp3) is 0.481. The van der Waals surface area contributed by atoms with Gasteiger partial charge in [0.2, 0.25) is 0 Å². The summed E-state index contributed by atoms with van der Waals surface area (Å²) in [5, 5.41) is 8.85. The van der Waals surface area contributed by atoms with Crippen molar-refractivity contribution in [3.05, 3.63) is 65.2 Å². The van der Waals surface area contributed by atoms with Gasteiger partial charge in [-0.2, -0.15) is 0 Å². The van der Waals surface area contributed by atoms with Crippen LogP contribution in [0.25, 0.3) is 17.1 Å². The highest BCUT2D eigenvalue weighted by atomic mass is 19.1. The topological polar surface area (TPSA) is 30.7 Å². The van der Waals surface area contributed by atoms with E-state index in [4.69, 9.17) is 0 Å². The van der Waals surface area contributed by atoms with E-state index in [0.29, 0.717) is 5.92 Å². The second-order valence-corrected chi connectivity index (χ2v) is 10.1. The van der Waals surface area contributed by atoms with Gasteiger partial charge in [0.15, 0.2) is 5.82 Å². The maximum atomic E-state index is 14.7. The van der Waals surface area contributed by atoms with Gasteiger partial charge in [-0.25, -0.2) is 4.39 Å². The van der Waals surface area contributed by atoms with Crippen molar-refractivity contribution in [3.8, 4) is 17.1 Å². The molecule has 0 N–H and O–H groups in total. The average molecular weight is 418 g/mol. The molecule has 0 saturated heterocycles. The maximum Gasteiger partial charge on any atom is 0.168 e. The first-order valence-corrected chi connectivity index (χ1v) is 11.6. The molecule has 2 saturated carbocycles. The monoisotopic (exact) mass is 417 g/mol. The van der Waals surface area contributed by atoms with Crippen LogP contribution in [0.5, 0.6) is 0 Å². The minimum absolute atomic E-state index is 0.00208. The van der Waals surface area contributed by atoms with Gasteiger partial charge in [-0.15, -0.1) is 10.2 Å². The first-order chi connectivity index (χ1) is 14.8. The van der Waals surface area contributed by atoms with Crippen molar-refractivity contribution in [1.82, 2.24) is 14.8 Å². The number of aryl methyl sites for hydroxylation is 2. The molecule has 162 valence electrons. The number of halogens is 1. The molecule has 0 radical (unpaired) electrons. The first kappa shape index (κ1) is 20.4. The molecule has 0 spiro atoms. The number of rotatable bonds is 6. The third-order valence-electron chi connectivity index (χ3n) is 8.40. The largest absolute Gasteiger partial charge is 0.281 e. The fourth-order valence-corrected chi connectivity index (χ4v) is 6.37. The molecule has 4 heteroatoms. The van der Waals surface area contributed by atoms with E-state index in [1.54, 1.807) is 18.5 Å². The predicted octanol–water partition coefficient (Wildman–Crippen LogP) is 6.79. The molecule has 31 heavy (non-hydrogen) atoms. The number of benzene rings is 2. The molecule has 3 atom stereocenters. The van der Waals surface area contributed by atoms with E-state index in [1.807, 2.05) is 6.07 Å². The second-order valence-electron chi connectivity index (χ2n) is 10.1. The Kier molecular flexibility index (Phi) is 4.62. The van der Waals surface area contributed by atoms with Crippen LogP contribution in [0.1, 0.15) is 63.1 Å². The SMILES string of the molecule is CCC(C)C1(c2cc(F)ccc2-c2nncn2-c2c(C)cccc2C)CC1(C)C1CC1. The Balaban J connectivity index is 1.72. The van der Waals surface area contributed by atoms with Crippen molar-refractivity contribution in [3.63, 3.8) is 0 Å². The average Bonchev–Trinajstić information content (AvgIpc) is 3.64. The Hall–Kier alpha value is -2.49. The summed E-state index contributed by atoms with van der Waals surface area (Å²) in [6, 6.07) is 11.6. The van der Waals surface area contributed by atoms with Crippen LogP contribution in [0.4, 0.5) is 4.39 Å². The summed E-state index contributed by atoms with van der Waals surface area (Å²) in [6.45, 7) is 11.3. The number of hydrogen-bond donors (Lipinski definition) is 0. The molecule has 3 unspecified atom stereocenters.